The third-order valence-corrected chi connectivity index (χ3v) is 7.07. The number of rotatable bonds is 6. The lowest BCUT2D eigenvalue weighted by Gasteiger charge is -2.26. The lowest BCUT2D eigenvalue weighted by Crippen LogP contribution is -2.45. The number of hydrogen-bond acceptors (Lipinski definition) is 4. The van der Waals surface area contributed by atoms with Crippen molar-refractivity contribution in [3.8, 4) is 0 Å². The van der Waals surface area contributed by atoms with Crippen LogP contribution in [0.1, 0.15) is 22.6 Å². The highest BCUT2D eigenvalue weighted by molar-refractivity contribution is 6.30. The molecule has 3 aromatic carbocycles. The Kier molecular flexibility index (Phi) is 6.84. The molecule has 0 aromatic heterocycles. The first-order chi connectivity index (χ1) is 17.0. The highest BCUT2D eigenvalue weighted by atomic mass is 35.5. The maximum atomic E-state index is 15.0. The van der Waals surface area contributed by atoms with Gasteiger partial charge in [0.05, 0.1) is 12.0 Å². The van der Waals surface area contributed by atoms with Crippen LogP contribution in [0.25, 0.3) is 0 Å². The molecule has 3 aromatic rings. The van der Waals surface area contributed by atoms with E-state index in [4.69, 9.17) is 16.3 Å². The van der Waals surface area contributed by atoms with E-state index in [0.717, 1.165) is 11.1 Å². The van der Waals surface area contributed by atoms with Crippen LogP contribution in [0.15, 0.2) is 78.9 Å². The predicted molar refractivity (Wildman–Crippen MR) is 131 cm³/mol. The number of ether oxygens (including phenoxy) is 1. The summed E-state index contributed by atoms with van der Waals surface area (Å²) in [5, 5.41) is 0.305. The number of cyclic esters (lactones) is 1. The summed E-state index contributed by atoms with van der Waals surface area (Å²) in [7, 11) is 0. The van der Waals surface area contributed by atoms with Crippen molar-refractivity contribution in [3.05, 3.63) is 106 Å². The van der Waals surface area contributed by atoms with Crippen molar-refractivity contribution in [1.82, 2.24) is 9.80 Å². The molecule has 2 heterocycles. The fourth-order valence-corrected chi connectivity index (χ4v) is 5.33. The molecule has 0 N–H and O–H groups in total. The summed E-state index contributed by atoms with van der Waals surface area (Å²) in [5.74, 6) is -1.75. The van der Waals surface area contributed by atoms with Crippen LogP contribution in [0.2, 0.25) is 5.02 Å². The van der Waals surface area contributed by atoms with Gasteiger partial charge in [0.15, 0.2) is 0 Å². The molecule has 5 rings (SSSR count). The van der Waals surface area contributed by atoms with Crippen molar-refractivity contribution in [2.24, 2.45) is 5.92 Å². The summed E-state index contributed by atoms with van der Waals surface area (Å²) in [6.07, 6.45) is -0.119. The molecule has 2 aliphatic heterocycles. The Bertz CT molecular complexity index is 1210. The van der Waals surface area contributed by atoms with Gasteiger partial charge in [0.2, 0.25) is 5.91 Å². The highest BCUT2D eigenvalue weighted by Gasteiger charge is 2.47. The van der Waals surface area contributed by atoms with Gasteiger partial charge < -0.3 is 4.74 Å². The van der Waals surface area contributed by atoms with Crippen molar-refractivity contribution in [1.29, 1.82) is 0 Å². The lowest BCUT2D eigenvalue weighted by molar-refractivity contribution is -0.133. The Labute approximate surface area is 209 Å². The zero-order valence-electron chi connectivity index (χ0n) is 19.1. The second-order valence-electron chi connectivity index (χ2n) is 9.19. The standard InChI is InChI=1S/C28H26ClFN2O3/c29-21-11-12-23(26(30)14-21)24-16-31(15-20-9-5-2-6-10-20)17-25(24)27(33)32-22(18-35-28(32)34)13-19-7-3-1-4-8-19/h1-12,14,22,24-25H,13,15-18H2/t22-,24-,25+/m0/s1. The van der Waals surface area contributed by atoms with E-state index >= 15 is 0 Å². The molecule has 2 saturated heterocycles. The number of halogens is 2. The van der Waals surface area contributed by atoms with Crippen molar-refractivity contribution in [2.75, 3.05) is 19.7 Å². The summed E-state index contributed by atoms with van der Waals surface area (Å²) < 4.78 is 20.3. The average molecular weight is 493 g/mol. The normalized spacial score (nSPS) is 22.4. The topological polar surface area (TPSA) is 49.9 Å². The third kappa shape index (κ3) is 5.09. The number of benzene rings is 3. The molecule has 0 spiro atoms. The van der Waals surface area contributed by atoms with Gasteiger partial charge in [-0.2, -0.15) is 0 Å². The van der Waals surface area contributed by atoms with E-state index in [1.54, 1.807) is 12.1 Å². The fraction of sp³-hybridized carbons (Fsp3) is 0.286. The largest absolute Gasteiger partial charge is 0.447 e. The minimum Gasteiger partial charge on any atom is -0.447 e. The Morgan fingerprint density at radius 2 is 1.66 bits per heavy atom. The molecule has 2 fully saturated rings. The first-order valence-corrected chi connectivity index (χ1v) is 12.1. The molecule has 3 atom stereocenters. The van der Waals surface area contributed by atoms with Crippen molar-refractivity contribution >= 4 is 23.6 Å². The average Bonchev–Trinajstić information content (AvgIpc) is 3.43. The molecule has 0 radical (unpaired) electrons. The molecule has 0 bridgehead atoms. The van der Waals surface area contributed by atoms with Crippen LogP contribution >= 0.6 is 11.6 Å². The number of nitrogens with zero attached hydrogens (tertiary/aromatic N) is 2. The minimum absolute atomic E-state index is 0.153. The molecular weight excluding hydrogens is 467 g/mol. The van der Waals surface area contributed by atoms with Crippen LogP contribution in [0.3, 0.4) is 0 Å². The molecule has 35 heavy (non-hydrogen) atoms. The number of hydrogen-bond donors (Lipinski definition) is 0. The smallest absolute Gasteiger partial charge is 0.416 e. The SMILES string of the molecule is O=C1OC[C@H](Cc2ccccc2)N1C(=O)[C@@H]1CN(Cc2ccccc2)C[C@H]1c1ccc(Cl)cc1F. The number of likely N-dealkylation sites (tertiary alicyclic amines) is 1. The summed E-state index contributed by atoms with van der Waals surface area (Å²) in [5.41, 5.74) is 2.57. The van der Waals surface area contributed by atoms with Gasteiger partial charge in [-0.25, -0.2) is 14.1 Å². The summed E-state index contributed by atoms with van der Waals surface area (Å²) in [6, 6.07) is 23.8. The predicted octanol–water partition coefficient (Wildman–Crippen LogP) is 5.28. The second kappa shape index (κ2) is 10.2. The monoisotopic (exact) mass is 492 g/mol. The fourth-order valence-electron chi connectivity index (χ4n) is 5.17. The molecular formula is C28H26ClFN2O3. The van der Waals surface area contributed by atoms with Gasteiger partial charge in [0.25, 0.3) is 0 Å². The number of amides is 2. The van der Waals surface area contributed by atoms with E-state index in [1.807, 2.05) is 60.7 Å². The maximum Gasteiger partial charge on any atom is 0.416 e. The van der Waals surface area contributed by atoms with Gasteiger partial charge in [0.1, 0.15) is 12.4 Å². The zero-order chi connectivity index (χ0) is 24.4. The van der Waals surface area contributed by atoms with Crippen molar-refractivity contribution in [2.45, 2.75) is 24.9 Å². The van der Waals surface area contributed by atoms with E-state index in [-0.39, 0.29) is 12.5 Å². The molecule has 0 aliphatic carbocycles. The van der Waals surface area contributed by atoms with Crippen molar-refractivity contribution in [3.63, 3.8) is 0 Å². The molecule has 0 saturated carbocycles. The molecule has 2 amide bonds. The third-order valence-electron chi connectivity index (χ3n) is 6.84. The van der Waals surface area contributed by atoms with Crippen LogP contribution in [-0.2, 0) is 22.5 Å². The van der Waals surface area contributed by atoms with E-state index in [9.17, 15) is 14.0 Å². The van der Waals surface area contributed by atoms with Gasteiger partial charge >= 0.3 is 6.09 Å². The van der Waals surface area contributed by atoms with Crippen LogP contribution in [0, 0.1) is 11.7 Å². The second-order valence-corrected chi connectivity index (χ2v) is 9.62. The Morgan fingerprint density at radius 3 is 2.34 bits per heavy atom. The van der Waals surface area contributed by atoms with Gasteiger partial charge in [-0.1, -0.05) is 78.3 Å². The summed E-state index contributed by atoms with van der Waals surface area (Å²) in [6.45, 7) is 1.70. The Hall–Kier alpha value is -3.22. The number of imide groups is 1. The molecule has 5 nitrogen and oxygen atoms in total. The van der Waals surface area contributed by atoms with Crippen molar-refractivity contribution < 1.29 is 18.7 Å². The summed E-state index contributed by atoms with van der Waals surface area (Å²) in [4.78, 5) is 29.9. The molecule has 7 heteroatoms. The van der Waals surface area contributed by atoms with Crippen LogP contribution in [-0.4, -0.2) is 47.5 Å². The van der Waals surface area contributed by atoms with E-state index in [1.165, 1.54) is 11.0 Å². The van der Waals surface area contributed by atoms with Crippen LogP contribution < -0.4 is 0 Å². The molecule has 0 unspecified atom stereocenters. The number of carbonyl (C=O) groups is 2. The zero-order valence-corrected chi connectivity index (χ0v) is 19.9. The van der Waals surface area contributed by atoms with Gasteiger partial charge in [-0.3, -0.25) is 9.69 Å². The first-order valence-electron chi connectivity index (χ1n) is 11.7. The van der Waals surface area contributed by atoms with Gasteiger partial charge in [0, 0.05) is 30.6 Å². The van der Waals surface area contributed by atoms with Gasteiger partial charge in [-0.05, 0) is 35.2 Å². The summed E-state index contributed by atoms with van der Waals surface area (Å²) >= 11 is 5.99. The first kappa shape index (κ1) is 23.5. The van der Waals surface area contributed by atoms with Gasteiger partial charge in [-0.15, -0.1) is 0 Å². The lowest BCUT2D eigenvalue weighted by atomic mass is 9.87. The highest BCUT2D eigenvalue weighted by Crippen LogP contribution is 2.38. The van der Waals surface area contributed by atoms with Crippen LogP contribution in [0.4, 0.5) is 9.18 Å². The van der Waals surface area contributed by atoms with E-state index in [0.29, 0.717) is 36.6 Å². The number of carbonyl (C=O) groups excluding carboxylic acids is 2. The maximum absolute atomic E-state index is 15.0. The molecule has 2 aliphatic rings. The van der Waals surface area contributed by atoms with E-state index in [2.05, 4.69) is 4.90 Å². The van der Waals surface area contributed by atoms with Crippen LogP contribution in [0.5, 0.6) is 0 Å². The quantitative estimate of drug-likeness (QED) is 0.469. The van der Waals surface area contributed by atoms with E-state index < -0.39 is 29.8 Å². The Morgan fingerprint density at radius 1 is 0.971 bits per heavy atom. The minimum atomic E-state index is -0.632. The Balaban J connectivity index is 1.42. The molecule has 180 valence electrons.